The molecule has 0 bridgehead atoms. The number of nitrogens with zero attached hydrogens (tertiary/aromatic N) is 3. The number of carbonyl (C=O) groups is 1. The van der Waals surface area contributed by atoms with E-state index in [1.807, 2.05) is 48.5 Å². The summed E-state index contributed by atoms with van der Waals surface area (Å²) in [4.78, 5) is 14.6. The minimum Gasteiger partial charge on any atom is -0.459 e. The number of hydrogen-bond acceptors (Lipinski definition) is 5. The molecule has 0 fully saturated rings. The lowest BCUT2D eigenvalue weighted by molar-refractivity contribution is 0.0724. The normalized spacial score (nSPS) is 11.0. The summed E-state index contributed by atoms with van der Waals surface area (Å²) in [5.41, 5.74) is 2.49. The third-order valence-electron chi connectivity index (χ3n) is 4.43. The van der Waals surface area contributed by atoms with E-state index in [0.717, 1.165) is 29.6 Å². The summed E-state index contributed by atoms with van der Waals surface area (Å²) < 4.78 is 9.72. The number of aryl methyl sites for hydroxylation is 1. The molecule has 136 valence electrons. The third-order valence-corrected chi connectivity index (χ3v) is 4.93. The second kappa shape index (κ2) is 8.14. The van der Waals surface area contributed by atoms with Gasteiger partial charge in [0.05, 0.1) is 6.54 Å². The van der Waals surface area contributed by atoms with Crippen molar-refractivity contribution in [2.24, 2.45) is 0 Å². The van der Waals surface area contributed by atoms with Crippen molar-refractivity contribution in [2.75, 3.05) is 6.54 Å². The van der Waals surface area contributed by atoms with Crippen LogP contribution in [-0.4, -0.2) is 26.9 Å². The van der Waals surface area contributed by atoms with Crippen LogP contribution in [0, 0.1) is 0 Å². The molecule has 0 radical (unpaired) electrons. The number of fused-ring (bicyclic) bond motifs is 1. The highest BCUT2D eigenvalue weighted by Crippen LogP contribution is 2.21. The molecule has 2 heterocycles. The Balaban J connectivity index is 1.49. The molecule has 0 N–H and O–H groups in total. The van der Waals surface area contributed by atoms with E-state index in [9.17, 15) is 4.79 Å². The maximum atomic E-state index is 12.9. The average Bonchev–Trinajstić information content (AvgIpc) is 3.37. The Hall–Kier alpha value is -2.99. The zero-order chi connectivity index (χ0) is 18.5. The van der Waals surface area contributed by atoms with Gasteiger partial charge in [-0.25, -0.2) is 0 Å². The first-order chi connectivity index (χ1) is 13.3. The van der Waals surface area contributed by atoms with Crippen LogP contribution in [-0.2, 0) is 13.0 Å². The Kier molecular flexibility index (Phi) is 5.25. The van der Waals surface area contributed by atoms with Crippen molar-refractivity contribution < 1.29 is 9.21 Å². The Morgan fingerprint density at radius 3 is 2.67 bits per heavy atom. The molecule has 1 amide bonds. The predicted molar refractivity (Wildman–Crippen MR) is 106 cm³/mol. The maximum absolute atomic E-state index is 12.9. The zero-order valence-electron chi connectivity index (χ0n) is 14.7. The highest BCUT2D eigenvalue weighted by Gasteiger charge is 2.20. The lowest BCUT2D eigenvalue weighted by Gasteiger charge is -2.20. The van der Waals surface area contributed by atoms with Crippen molar-refractivity contribution in [2.45, 2.75) is 19.4 Å². The maximum Gasteiger partial charge on any atom is 0.275 e. The number of rotatable bonds is 7. The largest absolute Gasteiger partial charge is 0.459 e. The quantitative estimate of drug-likeness (QED) is 0.474. The molecule has 2 aromatic heterocycles. The van der Waals surface area contributed by atoms with Gasteiger partial charge in [-0.1, -0.05) is 53.0 Å². The van der Waals surface area contributed by atoms with Gasteiger partial charge >= 0.3 is 0 Å². The van der Waals surface area contributed by atoms with Gasteiger partial charge in [-0.15, -0.1) is 5.10 Å². The standard InChI is InChI=1S/C21H19N3O2S/c25-21(19-15-27-23-22-19)24(12-6-9-16-7-2-1-3-8-16)14-18-13-17-10-4-5-11-20(17)26-18/h1-5,7-8,10-11,13,15H,6,9,12,14H2. The molecular formula is C21H19N3O2S. The Morgan fingerprint density at radius 1 is 1.07 bits per heavy atom. The van der Waals surface area contributed by atoms with Crippen LogP contribution in [0.4, 0.5) is 0 Å². The summed E-state index contributed by atoms with van der Waals surface area (Å²) in [5.74, 6) is 0.657. The van der Waals surface area contributed by atoms with E-state index in [2.05, 4.69) is 21.7 Å². The van der Waals surface area contributed by atoms with Gasteiger partial charge in [-0.05, 0) is 42.1 Å². The molecule has 0 saturated carbocycles. The summed E-state index contributed by atoms with van der Waals surface area (Å²) in [7, 11) is 0. The monoisotopic (exact) mass is 377 g/mol. The van der Waals surface area contributed by atoms with E-state index in [4.69, 9.17) is 4.42 Å². The molecule has 5 nitrogen and oxygen atoms in total. The van der Waals surface area contributed by atoms with Crippen molar-refractivity contribution in [1.29, 1.82) is 0 Å². The first-order valence-electron chi connectivity index (χ1n) is 8.87. The Bertz CT molecular complexity index is 979. The summed E-state index contributed by atoms with van der Waals surface area (Å²) in [6.45, 7) is 1.04. The third kappa shape index (κ3) is 4.23. The highest BCUT2D eigenvalue weighted by molar-refractivity contribution is 7.03. The number of furan rings is 1. The van der Waals surface area contributed by atoms with Crippen LogP contribution in [0.25, 0.3) is 11.0 Å². The molecule has 0 unspecified atom stereocenters. The molecule has 0 spiro atoms. The average molecular weight is 377 g/mol. The molecule has 0 atom stereocenters. The van der Waals surface area contributed by atoms with Gasteiger partial charge in [0, 0.05) is 17.3 Å². The molecule has 4 rings (SSSR count). The molecular weight excluding hydrogens is 358 g/mol. The van der Waals surface area contributed by atoms with Gasteiger partial charge in [0.25, 0.3) is 5.91 Å². The van der Waals surface area contributed by atoms with Crippen LogP contribution in [0.5, 0.6) is 0 Å². The lowest BCUT2D eigenvalue weighted by Crippen LogP contribution is -2.32. The van der Waals surface area contributed by atoms with Crippen LogP contribution in [0.3, 0.4) is 0 Å². The summed E-state index contributed by atoms with van der Waals surface area (Å²) in [6, 6.07) is 20.2. The van der Waals surface area contributed by atoms with Gasteiger partial charge < -0.3 is 9.32 Å². The van der Waals surface area contributed by atoms with Crippen molar-refractivity contribution in [3.8, 4) is 0 Å². The number of carbonyl (C=O) groups excluding carboxylic acids is 1. The van der Waals surface area contributed by atoms with Crippen molar-refractivity contribution in [3.63, 3.8) is 0 Å². The first-order valence-corrected chi connectivity index (χ1v) is 9.71. The van der Waals surface area contributed by atoms with E-state index >= 15 is 0 Å². The van der Waals surface area contributed by atoms with Crippen molar-refractivity contribution in [3.05, 3.63) is 83.1 Å². The fourth-order valence-electron chi connectivity index (χ4n) is 3.09. The Labute approximate surface area is 161 Å². The summed E-state index contributed by atoms with van der Waals surface area (Å²) >= 11 is 1.18. The highest BCUT2D eigenvalue weighted by atomic mass is 32.1. The van der Waals surface area contributed by atoms with E-state index < -0.39 is 0 Å². The fraction of sp³-hybridized carbons (Fsp3) is 0.190. The second-order valence-electron chi connectivity index (χ2n) is 6.36. The van der Waals surface area contributed by atoms with E-state index in [-0.39, 0.29) is 5.91 Å². The zero-order valence-corrected chi connectivity index (χ0v) is 15.6. The molecule has 6 heteroatoms. The van der Waals surface area contributed by atoms with Crippen LogP contribution in [0.2, 0.25) is 0 Å². The number of hydrogen-bond donors (Lipinski definition) is 0. The molecule has 0 aliphatic heterocycles. The number of benzene rings is 2. The lowest BCUT2D eigenvalue weighted by atomic mass is 10.1. The molecule has 0 aliphatic rings. The molecule has 0 aliphatic carbocycles. The van der Waals surface area contributed by atoms with Gasteiger partial charge in [-0.2, -0.15) is 0 Å². The topological polar surface area (TPSA) is 59.2 Å². The number of para-hydroxylation sites is 1. The van der Waals surface area contributed by atoms with E-state index in [0.29, 0.717) is 18.8 Å². The second-order valence-corrected chi connectivity index (χ2v) is 6.97. The SMILES string of the molecule is O=C(c1csnn1)N(CCCc1ccccc1)Cc1cc2ccccc2o1. The molecule has 27 heavy (non-hydrogen) atoms. The predicted octanol–water partition coefficient (Wildman–Crippen LogP) is 4.56. The summed E-state index contributed by atoms with van der Waals surface area (Å²) in [5, 5.41) is 6.66. The van der Waals surface area contributed by atoms with Gasteiger partial charge in [-0.3, -0.25) is 4.79 Å². The van der Waals surface area contributed by atoms with Crippen LogP contribution in [0.15, 0.2) is 70.5 Å². The molecule has 2 aromatic carbocycles. The molecule has 4 aromatic rings. The number of aromatic nitrogens is 2. The van der Waals surface area contributed by atoms with Gasteiger partial charge in [0.1, 0.15) is 11.3 Å². The minimum atomic E-state index is -0.114. The smallest absolute Gasteiger partial charge is 0.275 e. The summed E-state index contributed by atoms with van der Waals surface area (Å²) in [6.07, 6.45) is 1.79. The first kappa shape index (κ1) is 17.4. The number of amides is 1. The van der Waals surface area contributed by atoms with E-state index in [1.165, 1.54) is 17.1 Å². The minimum absolute atomic E-state index is 0.114. The fourth-order valence-corrected chi connectivity index (χ4v) is 3.52. The van der Waals surface area contributed by atoms with Gasteiger partial charge in [0.2, 0.25) is 0 Å². The van der Waals surface area contributed by atoms with Gasteiger partial charge in [0.15, 0.2) is 5.69 Å². The molecule has 0 saturated heterocycles. The van der Waals surface area contributed by atoms with Crippen LogP contribution >= 0.6 is 11.5 Å². The van der Waals surface area contributed by atoms with Crippen molar-refractivity contribution in [1.82, 2.24) is 14.5 Å². The van der Waals surface area contributed by atoms with Crippen molar-refractivity contribution >= 4 is 28.4 Å². The van der Waals surface area contributed by atoms with Crippen LogP contribution < -0.4 is 0 Å². The van der Waals surface area contributed by atoms with Crippen LogP contribution in [0.1, 0.15) is 28.2 Å². The Morgan fingerprint density at radius 2 is 1.89 bits per heavy atom. The van der Waals surface area contributed by atoms with E-state index in [1.54, 1.807) is 10.3 Å².